The van der Waals surface area contributed by atoms with Gasteiger partial charge < -0.3 is 0 Å². The Hall–Kier alpha value is -0.320. The van der Waals surface area contributed by atoms with Crippen LogP contribution in [-0.4, -0.2) is 4.66 Å². The topological polar surface area (TPSA) is 36.9 Å². The second-order valence-corrected chi connectivity index (χ2v) is 8.84. The molecule has 0 amide bonds. The van der Waals surface area contributed by atoms with E-state index in [0.717, 1.165) is 12.1 Å². The molecule has 1 heterocycles. The average Bonchev–Trinajstić information content (AvgIpc) is 2.27. The fourth-order valence-electron chi connectivity index (χ4n) is 1.14. The van der Waals surface area contributed by atoms with E-state index in [1.54, 1.807) is 0 Å². The molecule has 0 spiro atoms. The summed E-state index contributed by atoms with van der Waals surface area (Å²) < 4.78 is 72.2. The zero-order valence-corrected chi connectivity index (χ0v) is 11.3. The van der Waals surface area contributed by atoms with Gasteiger partial charge in [-0.1, -0.05) is 0 Å². The summed E-state index contributed by atoms with van der Waals surface area (Å²) in [6, 6.07) is 6.48. The molecule has 2 rings (SSSR count). The Balaban J connectivity index is 2.37. The Morgan fingerprint density at radius 3 is 2.50 bits per heavy atom. The number of nitrogens with one attached hydrogen (secondary N) is 1. The summed E-state index contributed by atoms with van der Waals surface area (Å²) in [4.78, 5) is 1.36. The second kappa shape index (κ2) is 4.36. The van der Waals surface area contributed by atoms with Crippen molar-refractivity contribution in [1.82, 2.24) is 9.52 Å². The Labute approximate surface area is 101 Å². The van der Waals surface area contributed by atoms with Gasteiger partial charge in [-0.2, -0.15) is 0 Å². The molecule has 102 valence electrons. The molecule has 0 bridgehead atoms. The molecule has 1 unspecified atom stereocenters. The van der Waals surface area contributed by atoms with Gasteiger partial charge in [0.15, 0.2) is 0 Å². The summed E-state index contributed by atoms with van der Waals surface area (Å²) in [5.74, 6) is -0.401. The summed E-state index contributed by atoms with van der Waals surface area (Å²) in [5.41, 5.74) is 0. The molecule has 1 atom stereocenters. The molecule has 0 aliphatic carbocycles. The van der Waals surface area contributed by atoms with Crippen LogP contribution < -0.4 is 9.38 Å². The SMILES string of the molecule is FN1P(F)(F)=NPNP1(F)(F)Oc1ccccc1. The van der Waals surface area contributed by atoms with Crippen LogP contribution in [0.25, 0.3) is 0 Å². The molecular formula is C6H7F5N3OP3. The van der Waals surface area contributed by atoms with Gasteiger partial charge in [0.25, 0.3) is 0 Å². The Morgan fingerprint density at radius 2 is 1.89 bits per heavy atom. The number of hydrogen-bond donors (Lipinski definition) is 1. The van der Waals surface area contributed by atoms with Crippen molar-refractivity contribution in [1.29, 1.82) is 0 Å². The molecule has 18 heavy (non-hydrogen) atoms. The van der Waals surface area contributed by atoms with Gasteiger partial charge in [-0.25, -0.2) is 0 Å². The summed E-state index contributed by atoms with van der Waals surface area (Å²) >= 11 is 0. The second-order valence-electron chi connectivity index (χ2n) is 3.22. The predicted octanol–water partition coefficient (Wildman–Crippen LogP) is 5.32. The van der Waals surface area contributed by atoms with E-state index in [1.165, 1.54) is 23.1 Å². The number of halogens is 5. The van der Waals surface area contributed by atoms with Crippen LogP contribution in [0.3, 0.4) is 0 Å². The van der Waals surface area contributed by atoms with E-state index in [-0.39, 0.29) is 0 Å². The van der Waals surface area contributed by atoms with Crippen molar-refractivity contribution in [3.8, 4) is 5.75 Å². The zero-order chi connectivity index (χ0) is 13.5. The fourth-order valence-corrected chi connectivity index (χ4v) is 6.51. The maximum absolute atomic E-state index is 14.0. The molecule has 1 aliphatic heterocycles. The van der Waals surface area contributed by atoms with Crippen molar-refractivity contribution in [3.05, 3.63) is 30.3 Å². The summed E-state index contributed by atoms with van der Waals surface area (Å²) in [5, 5.41) is 0. The third kappa shape index (κ3) is 2.51. The molecule has 1 aromatic rings. The molecule has 0 radical (unpaired) electrons. The number of rotatable bonds is 2. The Kier molecular flexibility index (Phi) is 3.41. The minimum absolute atomic E-state index is 0.401. The molecular weight excluding hydrogens is 318 g/mol. The molecule has 12 heteroatoms. The Morgan fingerprint density at radius 1 is 1.28 bits per heavy atom. The monoisotopic (exact) mass is 325 g/mol. The van der Waals surface area contributed by atoms with Gasteiger partial charge in [0, 0.05) is 0 Å². The van der Waals surface area contributed by atoms with Crippen molar-refractivity contribution in [2.45, 2.75) is 0 Å². The van der Waals surface area contributed by atoms with E-state index in [0.29, 0.717) is 0 Å². The molecule has 1 aliphatic rings. The van der Waals surface area contributed by atoms with Gasteiger partial charge in [-0.05, 0) is 0 Å². The van der Waals surface area contributed by atoms with Crippen LogP contribution in [-0.2, 0) is 0 Å². The van der Waals surface area contributed by atoms with Gasteiger partial charge in [-0.15, -0.1) is 0 Å². The van der Waals surface area contributed by atoms with Crippen LogP contribution in [0.5, 0.6) is 5.75 Å². The fraction of sp³-hybridized carbons (Fsp3) is 0. The van der Waals surface area contributed by atoms with Crippen molar-refractivity contribution in [3.63, 3.8) is 0 Å². The van der Waals surface area contributed by atoms with Crippen LogP contribution >= 0.6 is 24.5 Å². The summed E-state index contributed by atoms with van der Waals surface area (Å²) in [6.45, 7) is 0. The number of hydrogen-bond acceptors (Lipinski definition) is 4. The predicted molar refractivity (Wildman–Crippen MR) is 62.2 cm³/mol. The minimum atomic E-state index is -6.96. The van der Waals surface area contributed by atoms with Crippen LogP contribution in [0.4, 0.5) is 21.3 Å². The number of para-hydroxylation sites is 1. The normalized spacial score (nSPS) is 28.8. The van der Waals surface area contributed by atoms with E-state index in [9.17, 15) is 21.3 Å². The molecule has 0 fully saturated rings. The van der Waals surface area contributed by atoms with Crippen LogP contribution in [0.2, 0.25) is 0 Å². The first-order valence-electron chi connectivity index (χ1n) is 4.44. The molecule has 1 aromatic carbocycles. The third-order valence-electron chi connectivity index (χ3n) is 1.88. The first-order chi connectivity index (χ1) is 8.23. The van der Waals surface area contributed by atoms with Crippen molar-refractivity contribution in [2.75, 3.05) is 0 Å². The van der Waals surface area contributed by atoms with Crippen LogP contribution in [0.1, 0.15) is 0 Å². The molecule has 1 N–H and O–H groups in total. The molecule has 0 saturated heterocycles. The van der Waals surface area contributed by atoms with E-state index < -0.39 is 34.9 Å². The van der Waals surface area contributed by atoms with Crippen molar-refractivity contribution < 1.29 is 25.8 Å². The van der Waals surface area contributed by atoms with Gasteiger partial charge in [-0.3, -0.25) is 0 Å². The quantitative estimate of drug-likeness (QED) is 0.454. The van der Waals surface area contributed by atoms with E-state index in [2.05, 4.69) is 9.04 Å². The maximum atomic E-state index is 14.0. The standard InChI is InChI=1S/C6H7F5N3OP3/c7-14-17(8,9)12-16-13-18(14,10,11)15-6-4-2-1-3-5-6/h1-5,13,16H. The molecule has 4 nitrogen and oxygen atoms in total. The van der Waals surface area contributed by atoms with E-state index >= 15 is 0 Å². The number of benzene rings is 1. The van der Waals surface area contributed by atoms with E-state index in [4.69, 9.17) is 0 Å². The van der Waals surface area contributed by atoms with Crippen LogP contribution in [0.15, 0.2) is 34.8 Å². The summed E-state index contributed by atoms with van der Waals surface area (Å²) in [7, 11) is -14.1. The average molecular weight is 325 g/mol. The van der Waals surface area contributed by atoms with Gasteiger partial charge in [0.2, 0.25) is 0 Å². The van der Waals surface area contributed by atoms with Crippen LogP contribution in [0, 0.1) is 0 Å². The molecule has 0 saturated carbocycles. The first kappa shape index (κ1) is 14.1. The number of nitrogens with zero attached hydrogens (tertiary/aromatic N) is 2. The molecule has 0 aromatic heterocycles. The van der Waals surface area contributed by atoms with E-state index in [1.807, 2.05) is 0 Å². The summed E-state index contributed by atoms with van der Waals surface area (Å²) in [6.07, 6.45) is 0. The van der Waals surface area contributed by atoms with Gasteiger partial charge in [0.1, 0.15) is 0 Å². The zero-order valence-electron chi connectivity index (χ0n) is 8.47. The third-order valence-corrected chi connectivity index (χ3v) is 8.09. The Bertz CT molecular complexity index is 508. The van der Waals surface area contributed by atoms with Gasteiger partial charge >= 0.3 is 100 Å². The van der Waals surface area contributed by atoms with Crippen molar-refractivity contribution in [2.24, 2.45) is 4.52 Å². The van der Waals surface area contributed by atoms with Gasteiger partial charge in [0.05, 0.1) is 0 Å². The first-order valence-corrected chi connectivity index (χ1v) is 8.75. The van der Waals surface area contributed by atoms with Crippen molar-refractivity contribution >= 4 is 24.5 Å².